The van der Waals surface area contributed by atoms with E-state index in [1.807, 2.05) is 6.92 Å². The second kappa shape index (κ2) is 5.95. The van der Waals surface area contributed by atoms with Gasteiger partial charge in [0.25, 0.3) is 10.2 Å². The molecule has 16 heavy (non-hydrogen) atoms. The predicted octanol–water partition coefficient (Wildman–Crippen LogP) is 0.482. The quantitative estimate of drug-likeness (QED) is 0.640. The molecule has 0 atom stereocenters. The molecule has 0 radical (unpaired) electrons. The van der Waals surface area contributed by atoms with Crippen LogP contribution < -0.4 is 15.2 Å². The van der Waals surface area contributed by atoms with E-state index in [0.29, 0.717) is 13.1 Å². The molecule has 0 aromatic carbocycles. The van der Waals surface area contributed by atoms with Gasteiger partial charge >= 0.3 is 0 Å². The SMILES string of the molecule is CCCNS(=O)(=O)NCC1(N)CCCCC1. The fourth-order valence-electron chi connectivity index (χ4n) is 1.96. The molecule has 0 amide bonds. The van der Waals surface area contributed by atoms with Crippen molar-refractivity contribution in [2.75, 3.05) is 13.1 Å². The molecule has 0 aromatic rings. The Hall–Kier alpha value is -0.170. The number of rotatable bonds is 6. The average Bonchev–Trinajstić information content (AvgIpc) is 2.25. The Morgan fingerprint density at radius 3 is 2.38 bits per heavy atom. The largest absolute Gasteiger partial charge is 0.324 e. The number of hydrogen-bond acceptors (Lipinski definition) is 3. The van der Waals surface area contributed by atoms with Crippen LogP contribution in [0.2, 0.25) is 0 Å². The van der Waals surface area contributed by atoms with Crippen molar-refractivity contribution in [3.05, 3.63) is 0 Å². The number of nitrogens with two attached hydrogens (primary N) is 1. The lowest BCUT2D eigenvalue weighted by Gasteiger charge is -2.33. The van der Waals surface area contributed by atoms with E-state index in [4.69, 9.17) is 5.73 Å². The van der Waals surface area contributed by atoms with Gasteiger partial charge in [0.1, 0.15) is 0 Å². The van der Waals surface area contributed by atoms with Crippen molar-refractivity contribution in [1.82, 2.24) is 9.44 Å². The maximum atomic E-state index is 11.5. The average molecular weight is 249 g/mol. The minimum Gasteiger partial charge on any atom is -0.324 e. The van der Waals surface area contributed by atoms with Gasteiger partial charge in [-0.05, 0) is 19.3 Å². The van der Waals surface area contributed by atoms with E-state index in [2.05, 4.69) is 9.44 Å². The third-order valence-corrected chi connectivity index (χ3v) is 4.11. The van der Waals surface area contributed by atoms with Gasteiger partial charge in [0.15, 0.2) is 0 Å². The monoisotopic (exact) mass is 249 g/mol. The molecule has 0 aliphatic heterocycles. The predicted molar refractivity (Wildman–Crippen MR) is 65.2 cm³/mol. The van der Waals surface area contributed by atoms with Gasteiger partial charge < -0.3 is 5.73 Å². The third-order valence-electron chi connectivity index (χ3n) is 3.01. The van der Waals surface area contributed by atoms with Gasteiger partial charge in [-0.25, -0.2) is 9.44 Å². The van der Waals surface area contributed by atoms with Gasteiger partial charge in [-0.1, -0.05) is 26.2 Å². The van der Waals surface area contributed by atoms with Gasteiger partial charge in [0, 0.05) is 18.6 Å². The molecule has 0 spiro atoms. The Kier molecular flexibility index (Phi) is 5.17. The Morgan fingerprint density at radius 2 is 1.81 bits per heavy atom. The summed E-state index contributed by atoms with van der Waals surface area (Å²) in [5.74, 6) is 0. The zero-order valence-electron chi connectivity index (χ0n) is 9.96. The summed E-state index contributed by atoms with van der Waals surface area (Å²) in [5.41, 5.74) is 5.79. The van der Waals surface area contributed by atoms with E-state index < -0.39 is 10.2 Å². The summed E-state index contributed by atoms with van der Waals surface area (Å²) in [6.45, 7) is 2.73. The zero-order valence-corrected chi connectivity index (χ0v) is 10.8. The maximum Gasteiger partial charge on any atom is 0.276 e. The van der Waals surface area contributed by atoms with Crippen LogP contribution >= 0.6 is 0 Å². The molecule has 1 aliphatic carbocycles. The normalized spacial score (nSPS) is 20.9. The number of nitrogens with one attached hydrogen (secondary N) is 2. The topological polar surface area (TPSA) is 84.2 Å². The summed E-state index contributed by atoms with van der Waals surface area (Å²) in [7, 11) is -3.36. The van der Waals surface area contributed by atoms with Crippen LogP contribution in [0, 0.1) is 0 Å². The van der Waals surface area contributed by atoms with E-state index >= 15 is 0 Å². The minimum absolute atomic E-state index is 0.339. The molecule has 1 fully saturated rings. The maximum absolute atomic E-state index is 11.5. The standard InChI is InChI=1S/C10H23N3O2S/c1-2-8-12-16(14,15)13-9-10(11)6-4-3-5-7-10/h12-13H,2-9,11H2,1H3. The summed E-state index contributed by atoms with van der Waals surface area (Å²) in [4.78, 5) is 0. The molecule has 1 rings (SSSR count). The van der Waals surface area contributed by atoms with Crippen LogP contribution in [0.4, 0.5) is 0 Å². The summed E-state index contributed by atoms with van der Waals surface area (Å²) in [6, 6.07) is 0. The molecule has 0 aromatic heterocycles. The van der Waals surface area contributed by atoms with Crippen molar-refractivity contribution >= 4 is 10.2 Å². The van der Waals surface area contributed by atoms with E-state index in [9.17, 15) is 8.42 Å². The van der Waals surface area contributed by atoms with Crippen molar-refractivity contribution in [2.24, 2.45) is 5.73 Å². The molecule has 0 unspecified atom stereocenters. The Labute approximate surface area is 98.4 Å². The summed E-state index contributed by atoms with van der Waals surface area (Å²) >= 11 is 0. The van der Waals surface area contributed by atoms with Gasteiger partial charge in [-0.15, -0.1) is 0 Å². The highest BCUT2D eigenvalue weighted by atomic mass is 32.2. The van der Waals surface area contributed by atoms with E-state index in [1.165, 1.54) is 6.42 Å². The molecule has 5 nitrogen and oxygen atoms in total. The highest BCUT2D eigenvalue weighted by molar-refractivity contribution is 7.87. The molecule has 6 heteroatoms. The Bertz CT molecular complexity index is 297. The molecule has 0 heterocycles. The van der Waals surface area contributed by atoms with E-state index in [0.717, 1.165) is 32.1 Å². The molecule has 4 N–H and O–H groups in total. The van der Waals surface area contributed by atoms with Crippen LogP contribution in [-0.4, -0.2) is 27.0 Å². The lowest BCUT2D eigenvalue weighted by Crippen LogP contribution is -2.53. The second-order valence-corrected chi connectivity index (χ2v) is 6.23. The second-order valence-electron chi connectivity index (χ2n) is 4.64. The van der Waals surface area contributed by atoms with Crippen molar-refractivity contribution in [3.8, 4) is 0 Å². The summed E-state index contributed by atoms with van der Waals surface area (Å²) < 4.78 is 28.0. The first-order valence-electron chi connectivity index (χ1n) is 6.01. The summed E-state index contributed by atoms with van der Waals surface area (Å²) in [5, 5.41) is 0. The Morgan fingerprint density at radius 1 is 1.19 bits per heavy atom. The van der Waals surface area contributed by atoms with Crippen LogP contribution in [0.15, 0.2) is 0 Å². The highest BCUT2D eigenvalue weighted by Crippen LogP contribution is 2.25. The fraction of sp³-hybridized carbons (Fsp3) is 1.00. The van der Waals surface area contributed by atoms with Crippen molar-refractivity contribution in [1.29, 1.82) is 0 Å². The third kappa shape index (κ3) is 4.78. The lowest BCUT2D eigenvalue weighted by atomic mass is 9.83. The Balaban J connectivity index is 2.37. The molecule has 1 saturated carbocycles. The first-order chi connectivity index (χ1) is 7.47. The van der Waals surface area contributed by atoms with E-state index in [1.54, 1.807) is 0 Å². The van der Waals surface area contributed by atoms with Crippen LogP contribution in [-0.2, 0) is 10.2 Å². The first kappa shape index (κ1) is 13.9. The van der Waals surface area contributed by atoms with Crippen LogP contribution in [0.3, 0.4) is 0 Å². The van der Waals surface area contributed by atoms with Crippen molar-refractivity contribution in [3.63, 3.8) is 0 Å². The van der Waals surface area contributed by atoms with Gasteiger partial charge in [0.05, 0.1) is 0 Å². The van der Waals surface area contributed by atoms with Gasteiger partial charge in [0.2, 0.25) is 0 Å². The van der Waals surface area contributed by atoms with Gasteiger partial charge in [-0.2, -0.15) is 8.42 Å². The van der Waals surface area contributed by atoms with Crippen LogP contribution in [0.1, 0.15) is 45.4 Å². The fourth-order valence-corrected chi connectivity index (χ4v) is 3.01. The van der Waals surface area contributed by atoms with Crippen molar-refractivity contribution < 1.29 is 8.42 Å². The molecule has 0 saturated heterocycles. The first-order valence-corrected chi connectivity index (χ1v) is 7.49. The smallest absolute Gasteiger partial charge is 0.276 e. The highest BCUT2D eigenvalue weighted by Gasteiger charge is 2.28. The van der Waals surface area contributed by atoms with Crippen LogP contribution in [0.25, 0.3) is 0 Å². The lowest BCUT2D eigenvalue weighted by molar-refractivity contribution is 0.296. The van der Waals surface area contributed by atoms with Gasteiger partial charge in [-0.3, -0.25) is 0 Å². The van der Waals surface area contributed by atoms with E-state index in [-0.39, 0.29) is 5.54 Å². The molecule has 1 aliphatic rings. The molecule has 0 bridgehead atoms. The zero-order chi connectivity index (χ0) is 12.1. The van der Waals surface area contributed by atoms with Crippen LogP contribution in [0.5, 0.6) is 0 Å². The molecule has 96 valence electrons. The molecular weight excluding hydrogens is 226 g/mol. The minimum atomic E-state index is -3.36. The van der Waals surface area contributed by atoms with Crippen molar-refractivity contribution in [2.45, 2.75) is 51.0 Å². The summed E-state index contributed by atoms with van der Waals surface area (Å²) in [6.07, 6.45) is 6.00. The number of hydrogen-bond donors (Lipinski definition) is 3. The molecular formula is C10H23N3O2S.